The first-order chi connectivity index (χ1) is 5.50. The monoisotopic (exact) mass is 214 g/mol. The van der Waals surface area contributed by atoms with Crippen LogP contribution in [0.25, 0.3) is 0 Å². The molecule has 74 valence electrons. The predicted molar refractivity (Wildman–Crippen MR) is 50.6 cm³/mol. The minimum atomic E-state index is -3.13. The van der Waals surface area contributed by atoms with E-state index in [0.717, 1.165) is 18.5 Å². The second kappa shape index (κ2) is 5.93. The average molecular weight is 214 g/mol. The van der Waals surface area contributed by atoms with Crippen molar-refractivity contribution in [2.45, 2.75) is 19.8 Å². The lowest BCUT2D eigenvalue weighted by atomic mass is 10.4. The molecule has 0 spiro atoms. The van der Waals surface area contributed by atoms with Crippen molar-refractivity contribution in [2.24, 2.45) is 0 Å². The molecular weight excluding hydrogens is 198 g/mol. The van der Waals surface area contributed by atoms with Gasteiger partial charge in [-0.3, -0.25) is 4.57 Å². The average Bonchev–Trinajstić information content (AvgIpc) is 2.36. The van der Waals surface area contributed by atoms with Gasteiger partial charge in [-0.1, -0.05) is 6.92 Å². The summed E-state index contributed by atoms with van der Waals surface area (Å²) >= 11 is 0. The van der Waals surface area contributed by atoms with Gasteiger partial charge in [0.1, 0.15) is 0 Å². The lowest BCUT2D eigenvalue weighted by Crippen LogP contribution is -1.84. The van der Waals surface area contributed by atoms with E-state index < -0.39 is 15.4 Å². The van der Waals surface area contributed by atoms with Crippen molar-refractivity contribution in [3.63, 3.8) is 0 Å². The molecule has 0 aliphatic carbocycles. The minimum absolute atomic E-state index is 0.938. The zero-order valence-electron chi connectivity index (χ0n) is 7.19. The summed E-state index contributed by atoms with van der Waals surface area (Å²) in [6, 6.07) is 0. The highest BCUT2D eigenvalue weighted by Crippen LogP contribution is 2.51. The molecule has 0 aromatic rings. The molecule has 12 heavy (non-hydrogen) atoms. The smallest absolute Gasteiger partial charge is 0.314 e. The van der Waals surface area contributed by atoms with Crippen molar-refractivity contribution in [3.8, 4) is 0 Å². The fraction of sp³-hybridized carbons (Fsp3) is 1.00. The molecule has 0 aromatic carbocycles. The molecule has 0 aromatic heterocycles. The van der Waals surface area contributed by atoms with E-state index in [9.17, 15) is 4.57 Å². The van der Waals surface area contributed by atoms with Crippen LogP contribution >= 0.6 is 15.4 Å². The highest BCUT2D eigenvalue weighted by Gasteiger charge is 2.23. The van der Waals surface area contributed by atoms with Crippen LogP contribution in [-0.2, 0) is 9.13 Å². The first kappa shape index (κ1) is 12.4. The van der Waals surface area contributed by atoms with Crippen molar-refractivity contribution < 1.29 is 18.9 Å². The lowest BCUT2D eigenvalue weighted by molar-refractivity contribution is 0.405. The quantitative estimate of drug-likeness (QED) is 0.649. The van der Waals surface area contributed by atoms with Gasteiger partial charge in [-0.2, -0.15) is 0 Å². The fourth-order valence-corrected chi connectivity index (χ4v) is 3.68. The Morgan fingerprint density at radius 2 is 1.67 bits per heavy atom. The topological polar surface area (TPSA) is 74.6 Å². The molecular formula is C6H16O4P2. The van der Waals surface area contributed by atoms with Crippen LogP contribution in [0.3, 0.4) is 0 Å². The summed E-state index contributed by atoms with van der Waals surface area (Å²) in [5.41, 5.74) is 0. The van der Waals surface area contributed by atoms with Gasteiger partial charge >= 0.3 is 8.25 Å². The largest absolute Gasteiger partial charge is 0.326 e. The highest BCUT2D eigenvalue weighted by atomic mass is 31.2. The van der Waals surface area contributed by atoms with E-state index in [1.165, 1.54) is 12.8 Å². The number of hydrogen-bond donors (Lipinski definition) is 2. The van der Waals surface area contributed by atoms with Crippen LogP contribution in [0.4, 0.5) is 0 Å². The van der Waals surface area contributed by atoms with Crippen molar-refractivity contribution in [3.05, 3.63) is 0 Å². The molecule has 1 aliphatic heterocycles. The van der Waals surface area contributed by atoms with Gasteiger partial charge in [0.05, 0.1) is 7.14 Å². The Balaban J connectivity index is 0.000000261. The van der Waals surface area contributed by atoms with E-state index >= 15 is 0 Å². The normalized spacial score (nSPS) is 20.3. The maximum atomic E-state index is 11.4. The Hall–Kier alpha value is 0.380. The Kier molecular flexibility index (Phi) is 6.12. The van der Waals surface area contributed by atoms with E-state index in [-0.39, 0.29) is 0 Å². The molecule has 4 nitrogen and oxygen atoms in total. The summed E-state index contributed by atoms with van der Waals surface area (Å²) in [5, 5.41) is 0. The van der Waals surface area contributed by atoms with Crippen LogP contribution in [0.2, 0.25) is 0 Å². The van der Waals surface area contributed by atoms with Gasteiger partial charge in [0.25, 0.3) is 0 Å². The third-order valence-electron chi connectivity index (χ3n) is 1.96. The van der Waals surface area contributed by atoms with E-state index in [1.807, 2.05) is 6.92 Å². The summed E-state index contributed by atoms with van der Waals surface area (Å²) in [6.07, 6.45) is 5.43. The van der Waals surface area contributed by atoms with Crippen molar-refractivity contribution in [1.82, 2.24) is 0 Å². The number of hydrogen-bond acceptors (Lipinski definition) is 2. The molecule has 1 rings (SSSR count). The van der Waals surface area contributed by atoms with Gasteiger partial charge in [0, 0.05) is 12.3 Å². The summed E-state index contributed by atoms with van der Waals surface area (Å²) in [7, 11) is -4.68. The van der Waals surface area contributed by atoms with Crippen LogP contribution in [0.1, 0.15) is 19.8 Å². The first-order valence-electron chi connectivity index (χ1n) is 3.99. The molecule has 0 amide bonds. The molecule has 0 saturated carbocycles. The number of rotatable bonds is 1. The third kappa shape index (κ3) is 5.96. The summed E-state index contributed by atoms with van der Waals surface area (Å²) in [6.45, 7) is 2.05. The zero-order chi connectivity index (χ0) is 9.61. The van der Waals surface area contributed by atoms with Crippen LogP contribution < -0.4 is 0 Å². The van der Waals surface area contributed by atoms with Crippen LogP contribution in [0, 0.1) is 0 Å². The van der Waals surface area contributed by atoms with Crippen molar-refractivity contribution in [1.29, 1.82) is 0 Å². The fourth-order valence-electron chi connectivity index (χ4n) is 1.23. The van der Waals surface area contributed by atoms with Gasteiger partial charge < -0.3 is 14.4 Å². The lowest BCUT2D eigenvalue weighted by Gasteiger charge is -2.03. The van der Waals surface area contributed by atoms with Crippen LogP contribution in [0.5, 0.6) is 0 Å². The van der Waals surface area contributed by atoms with Gasteiger partial charge in [-0.25, -0.2) is 0 Å². The Bertz CT molecular complexity index is 178. The molecule has 0 atom stereocenters. The van der Waals surface area contributed by atoms with Crippen LogP contribution in [0.15, 0.2) is 0 Å². The second-order valence-electron chi connectivity index (χ2n) is 2.81. The van der Waals surface area contributed by atoms with Gasteiger partial charge in [-0.05, 0) is 19.0 Å². The standard InChI is InChI=1S/C6H13OP.H3O3P/c1-2-8(7)5-3-4-6-8;1-4(2)3/h2-6H2,1H3;4H,(H2,1,2,3). The molecule has 0 unspecified atom stereocenters. The molecule has 1 aliphatic rings. The van der Waals surface area contributed by atoms with Crippen LogP contribution in [-0.4, -0.2) is 28.3 Å². The molecule has 0 radical (unpaired) electrons. The Morgan fingerprint density at radius 3 is 1.83 bits per heavy atom. The Labute approximate surface area is 73.3 Å². The Morgan fingerprint density at radius 1 is 1.33 bits per heavy atom. The molecule has 0 bridgehead atoms. The van der Waals surface area contributed by atoms with E-state index in [2.05, 4.69) is 0 Å². The molecule has 1 heterocycles. The third-order valence-corrected chi connectivity index (χ3v) is 5.37. The van der Waals surface area contributed by atoms with Gasteiger partial charge in [-0.15, -0.1) is 0 Å². The van der Waals surface area contributed by atoms with Gasteiger partial charge in [0.2, 0.25) is 0 Å². The minimum Gasteiger partial charge on any atom is -0.326 e. The SMILES string of the molecule is CCP1(=O)CCCC1.O=[PH](O)O. The summed E-state index contributed by atoms with van der Waals surface area (Å²) < 4.78 is 20.1. The molecule has 6 heteroatoms. The second-order valence-corrected chi connectivity index (χ2v) is 7.02. The van der Waals surface area contributed by atoms with Gasteiger partial charge in [0.15, 0.2) is 0 Å². The maximum absolute atomic E-state index is 11.4. The first-order valence-corrected chi connectivity index (χ1v) is 7.55. The summed E-state index contributed by atoms with van der Waals surface area (Å²) in [5.74, 6) is 0. The molecule has 2 N–H and O–H groups in total. The maximum Gasteiger partial charge on any atom is 0.314 e. The van der Waals surface area contributed by atoms with Crippen molar-refractivity contribution >= 4 is 15.4 Å². The summed E-state index contributed by atoms with van der Waals surface area (Å²) in [4.78, 5) is 14.3. The van der Waals surface area contributed by atoms with Crippen molar-refractivity contribution in [2.75, 3.05) is 18.5 Å². The molecule has 1 fully saturated rings. The highest BCUT2D eigenvalue weighted by molar-refractivity contribution is 7.64. The molecule has 1 saturated heterocycles. The van der Waals surface area contributed by atoms with E-state index in [0.29, 0.717) is 0 Å². The zero-order valence-corrected chi connectivity index (χ0v) is 9.09. The van der Waals surface area contributed by atoms with E-state index in [1.54, 1.807) is 0 Å². The van der Waals surface area contributed by atoms with E-state index in [4.69, 9.17) is 14.4 Å². The predicted octanol–water partition coefficient (Wildman–Crippen LogP) is 1.52.